The van der Waals surface area contributed by atoms with Crippen molar-refractivity contribution in [3.8, 4) is 0 Å². The van der Waals surface area contributed by atoms with Gasteiger partial charge in [-0.05, 0) is 6.07 Å². The lowest BCUT2D eigenvalue weighted by molar-refractivity contribution is -0.132. The van der Waals surface area contributed by atoms with Gasteiger partial charge in [0, 0.05) is 61.7 Å². The minimum absolute atomic E-state index is 0.0535. The van der Waals surface area contributed by atoms with Gasteiger partial charge < -0.3 is 15.5 Å². The summed E-state index contributed by atoms with van der Waals surface area (Å²) >= 11 is 0. The van der Waals surface area contributed by atoms with Gasteiger partial charge in [-0.3, -0.25) is 14.2 Å². The third-order valence-corrected chi connectivity index (χ3v) is 5.47. The maximum Gasteiger partial charge on any atom is 0.244 e. The molecule has 1 saturated heterocycles. The summed E-state index contributed by atoms with van der Waals surface area (Å²) in [6.07, 6.45) is 5.19. The zero-order valence-electron chi connectivity index (χ0n) is 17.4. The summed E-state index contributed by atoms with van der Waals surface area (Å²) < 4.78 is 17.4. The molecule has 2 N–H and O–H groups in total. The third-order valence-electron chi connectivity index (χ3n) is 5.47. The van der Waals surface area contributed by atoms with E-state index in [4.69, 9.17) is 0 Å². The average Bonchev–Trinajstić information content (AvgIpc) is 3.42. The third kappa shape index (κ3) is 4.30. The Morgan fingerprint density at radius 1 is 1.12 bits per heavy atom. The first-order valence-electron chi connectivity index (χ1n) is 10.5. The van der Waals surface area contributed by atoms with Gasteiger partial charge in [-0.1, -0.05) is 18.2 Å². The van der Waals surface area contributed by atoms with Crippen LogP contribution in [-0.4, -0.2) is 61.5 Å². The van der Waals surface area contributed by atoms with Crippen LogP contribution in [0.25, 0.3) is 10.9 Å². The van der Waals surface area contributed by atoms with Crippen LogP contribution < -0.4 is 10.6 Å². The van der Waals surface area contributed by atoms with E-state index in [2.05, 4.69) is 25.8 Å². The molecule has 0 aliphatic carbocycles. The van der Waals surface area contributed by atoms with Crippen molar-refractivity contribution >= 4 is 28.4 Å². The highest BCUT2D eigenvalue weighted by molar-refractivity contribution is 5.81. The Morgan fingerprint density at radius 2 is 1.97 bits per heavy atom. The monoisotopic (exact) mass is 434 g/mol. The van der Waals surface area contributed by atoms with Gasteiger partial charge in [-0.25, -0.2) is 9.37 Å². The fourth-order valence-electron chi connectivity index (χ4n) is 3.76. The molecule has 0 spiro atoms. The number of nitrogens with zero attached hydrogens (tertiary/aromatic N) is 6. The Balaban J connectivity index is 1.29. The summed E-state index contributed by atoms with van der Waals surface area (Å²) in [6.45, 7) is 3.59. The summed E-state index contributed by atoms with van der Waals surface area (Å²) in [5, 5.41) is 16.1. The number of halogens is 1. The van der Waals surface area contributed by atoms with Crippen LogP contribution in [0.15, 0.2) is 55.0 Å². The summed E-state index contributed by atoms with van der Waals surface area (Å²) in [7, 11) is 0. The van der Waals surface area contributed by atoms with E-state index in [1.807, 2.05) is 17.0 Å². The van der Waals surface area contributed by atoms with Crippen LogP contribution in [0.1, 0.15) is 5.56 Å². The van der Waals surface area contributed by atoms with Crippen molar-refractivity contribution in [2.24, 2.45) is 0 Å². The van der Waals surface area contributed by atoms with E-state index >= 15 is 0 Å². The van der Waals surface area contributed by atoms with E-state index in [0.717, 1.165) is 37.1 Å². The number of fused-ring (bicyclic) bond motifs is 1. The molecular formula is C22H23FN8O. The number of anilines is 2. The van der Waals surface area contributed by atoms with Crippen molar-refractivity contribution in [3.05, 3.63) is 66.4 Å². The Kier molecular flexibility index (Phi) is 5.51. The van der Waals surface area contributed by atoms with Crippen molar-refractivity contribution in [2.75, 3.05) is 31.5 Å². The molecule has 4 heterocycles. The normalized spacial score (nSPS) is 14.1. The fraction of sp³-hybridized carbons (Fsp3) is 0.273. The molecule has 1 aromatic carbocycles. The first-order chi connectivity index (χ1) is 15.7. The zero-order valence-corrected chi connectivity index (χ0v) is 17.4. The van der Waals surface area contributed by atoms with Crippen molar-refractivity contribution in [1.82, 2.24) is 34.8 Å². The van der Waals surface area contributed by atoms with Gasteiger partial charge in [-0.15, -0.1) is 0 Å². The molecule has 164 valence electrons. The number of piperazine rings is 1. The maximum absolute atomic E-state index is 14.1. The number of rotatable bonds is 6. The highest BCUT2D eigenvalue weighted by Crippen LogP contribution is 2.20. The molecule has 5 rings (SSSR count). The minimum atomic E-state index is -0.260. The second-order valence-corrected chi connectivity index (χ2v) is 7.68. The van der Waals surface area contributed by atoms with E-state index < -0.39 is 0 Å². The largest absolute Gasteiger partial charge is 0.339 e. The highest BCUT2D eigenvalue weighted by Gasteiger charge is 2.17. The Morgan fingerprint density at radius 3 is 2.81 bits per heavy atom. The van der Waals surface area contributed by atoms with E-state index in [1.165, 1.54) is 6.07 Å². The molecule has 0 saturated carbocycles. The lowest BCUT2D eigenvalue weighted by atomic mass is 10.2. The smallest absolute Gasteiger partial charge is 0.244 e. The molecule has 1 aliphatic heterocycles. The van der Waals surface area contributed by atoms with Crippen molar-refractivity contribution in [3.63, 3.8) is 0 Å². The molecule has 1 aliphatic rings. The van der Waals surface area contributed by atoms with Crippen LogP contribution in [0.5, 0.6) is 0 Å². The number of hydrogen-bond acceptors (Lipinski definition) is 6. The molecule has 10 heteroatoms. The van der Waals surface area contributed by atoms with Gasteiger partial charge in [0.05, 0.1) is 18.3 Å². The summed E-state index contributed by atoms with van der Waals surface area (Å²) in [5.41, 5.74) is 1.40. The van der Waals surface area contributed by atoms with Gasteiger partial charge in [0.25, 0.3) is 0 Å². The number of benzene rings is 1. The van der Waals surface area contributed by atoms with E-state index in [-0.39, 0.29) is 18.3 Å². The lowest BCUT2D eigenvalue weighted by Gasteiger charge is -2.27. The van der Waals surface area contributed by atoms with Gasteiger partial charge in [0.15, 0.2) is 5.82 Å². The second kappa shape index (κ2) is 8.75. The fourth-order valence-corrected chi connectivity index (χ4v) is 3.76. The molecule has 0 atom stereocenters. The predicted molar refractivity (Wildman–Crippen MR) is 118 cm³/mol. The van der Waals surface area contributed by atoms with Crippen molar-refractivity contribution in [2.45, 2.75) is 13.1 Å². The number of hydrogen-bond donors (Lipinski definition) is 2. The molecular weight excluding hydrogens is 411 g/mol. The number of amides is 1. The van der Waals surface area contributed by atoms with Crippen LogP contribution in [-0.2, 0) is 17.9 Å². The summed E-state index contributed by atoms with van der Waals surface area (Å²) in [6, 6.07) is 10.3. The average molecular weight is 434 g/mol. The molecule has 0 unspecified atom stereocenters. The Bertz CT molecular complexity index is 1240. The van der Waals surface area contributed by atoms with E-state index in [9.17, 15) is 9.18 Å². The van der Waals surface area contributed by atoms with Crippen LogP contribution in [0.3, 0.4) is 0 Å². The Labute approximate surface area is 183 Å². The van der Waals surface area contributed by atoms with Crippen molar-refractivity contribution < 1.29 is 9.18 Å². The first-order valence-corrected chi connectivity index (χ1v) is 10.5. The maximum atomic E-state index is 14.1. The van der Waals surface area contributed by atoms with E-state index in [1.54, 1.807) is 46.2 Å². The second-order valence-electron chi connectivity index (χ2n) is 7.68. The molecule has 9 nitrogen and oxygen atoms in total. The Hall–Kier alpha value is -3.79. The predicted octanol–water partition coefficient (Wildman–Crippen LogP) is 1.99. The number of carbonyl (C=O) groups excluding carboxylic acids is 1. The van der Waals surface area contributed by atoms with Crippen LogP contribution in [0.4, 0.5) is 16.0 Å². The number of aromatic nitrogens is 5. The molecule has 0 radical (unpaired) electrons. The highest BCUT2D eigenvalue weighted by atomic mass is 19.1. The standard InChI is InChI=1S/C22H23FN8O/c23-18-4-2-1-3-16(18)14-31-19-11-21(25-12-17(19)13-26-31)27-20-5-8-30(28-20)15-22(32)29-9-6-24-7-10-29/h1-5,8,11-13,24H,6-7,9-10,14-15H2,(H,25,27,28). The molecule has 0 bridgehead atoms. The SMILES string of the molecule is O=C(Cn1ccc(Nc2cc3c(cn2)cnn3Cc2ccccc2F)n1)N1CCNCC1. The van der Waals surface area contributed by atoms with Gasteiger partial charge in [0.2, 0.25) is 5.91 Å². The molecule has 32 heavy (non-hydrogen) atoms. The summed E-state index contributed by atoms with van der Waals surface area (Å²) in [4.78, 5) is 18.7. The van der Waals surface area contributed by atoms with Gasteiger partial charge >= 0.3 is 0 Å². The lowest BCUT2D eigenvalue weighted by Crippen LogP contribution is -2.47. The van der Waals surface area contributed by atoms with E-state index in [0.29, 0.717) is 23.7 Å². The van der Waals surface area contributed by atoms with Crippen LogP contribution >= 0.6 is 0 Å². The van der Waals surface area contributed by atoms with Crippen LogP contribution in [0, 0.1) is 5.82 Å². The number of pyridine rings is 1. The van der Waals surface area contributed by atoms with Crippen LogP contribution in [0.2, 0.25) is 0 Å². The zero-order chi connectivity index (χ0) is 21.9. The number of nitrogens with one attached hydrogen (secondary N) is 2. The van der Waals surface area contributed by atoms with Gasteiger partial charge in [0.1, 0.15) is 18.2 Å². The molecule has 3 aromatic heterocycles. The molecule has 1 amide bonds. The quantitative estimate of drug-likeness (QED) is 0.482. The summed E-state index contributed by atoms with van der Waals surface area (Å²) in [5.74, 6) is 0.971. The van der Waals surface area contributed by atoms with Gasteiger partial charge in [-0.2, -0.15) is 10.2 Å². The first kappa shape index (κ1) is 20.1. The number of carbonyl (C=O) groups is 1. The molecule has 4 aromatic rings. The minimum Gasteiger partial charge on any atom is -0.339 e. The van der Waals surface area contributed by atoms with Crippen molar-refractivity contribution in [1.29, 1.82) is 0 Å². The topological polar surface area (TPSA) is 92.9 Å². The molecule has 1 fully saturated rings.